The molecule has 1 amide bonds. The van der Waals surface area contributed by atoms with E-state index in [1.54, 1.807) is 23.1 Å². The monoisotopic (exact) mass is 429 g/mol. The molecule has 0 radical (unpaired) electrons. The molecule has 1 heterocycles. The first-order valence-corrected chi connectivity index (χ1v) is 9.67. The summed E-state index contributed by atoms with van der Waals surface area (Å²) in [5, 5.41) is 0.501. The zero-order valence-corrected chi connectivity index (χ0v) is 17.3. The number of nitrogens with two attached hydrogens (primary N) is 3. The van der Waals surface area contributed by atoms with Gasteiger partial charge in [0.25, 0.3) is 5.91 Å². The van der Waals surface area contributed by atoms with Gasteiger partial charge in [0.15, 0.2) is 5.96 Å². The first kappa shape index (κ1) is 21.3. The number of hydrogen-bond donors (Lipinski definition) is 3. The van der Waals surface area contributed by atoms with Crippen LogP contribution < -0.4 is 26.8 Å². The van der Waals surface area contributed by atoms with Crippen molar-refractivity contribution in [3.8, 4) is 5.75 Å². The van der Waals surface area contributed by atoms with E-state index in [4.69, 9.17) is 33.5 Å². The van der Waals surface area contributed by atoms with Crippen LogP contribution in [-0.4, -0.2) is 56.0 Å². The Labute approximate surface area is 179 Å². The Balaban J connectivity index is 1.64. The molecule has 6 N–H and O–H groups in total. The molecule has 0 bridgehead atoms. The van der Waals surface area contributed by atoms with Crippen molar-refractivity contribution in [3.63, 3.8) is 0 Å². The van der Waals surface area contributed by atoms with Gasteiger partial charge in [0, 0.05) is 36.9 Å². The van der Waals surface area contributed by atoms with Gasteiger partial charge >= 0.3 is 0 Å². The van der Waals surface area contributed by atoms with Crippen LogP contribution in [0.1, 0.15) is 10.4 Å². The minimum absolute atomic E-state index is 0.00804. The normalized spacial score (nSPS) is 14.4. The Kier molecular flexibility index (Phi) is 6.63. The second kappa shape index (κ2) is 9.36. The van der Waals surface area contributed by atoms with E-state index in [0.29, 0.717) is 48.2 Å². The van der Waals surface area contributed by atoms with Gasteiger partial charge in [-0.25, -0.2) is 4.99 Å². The smallest absolute Gasteiger partial charge is 0.257 e. The van der Waals surface area contributed by atoms with Crippen molar-refractivity contribution in [1.29, 1.82) is 0 Å². The number of amides is 1. The molecule has 0 aromatic heterocycles. The number of carbonyl (C=O) groups is 1. The number of rotatable bonds is 4. The van der Waals surface area contributed by atoms with Crippen molar-refractivity contribution in [1.82, 2.24) is 4.90 Å². The van der Waals surface area contributed by atoms with E-state index in [1.165, 1.54) is 7.11 Å². The Morgan fingerprint density at radius 1 is 1.03 bits per heavy atom. The first-order valence-electron chi connectivity index (χ1n) is 9.29. The summed E-state index contributed by atoms with van der Waals surface area (Å²) in [6, 6.07) is 12.6. The highest BCUT2D eigenvalue weighted by Gasteiger charge is 2.24. The minimum atomic E-state index is -0.143. The zero-order valence-electron chi connectivity index (χ0n) is 16.6. The lowest BCUT2D eigenvalue weighted by Gasteiger charge is -2.36. The Morgan fingerprint density at radius 3 is 2.30 bits per heavy atom. The van der Waals surface area contributed by atoms with Crippen molar-refractivity contribution in [2.45, 2.75) is 0 Å². The number of ether oxygens (including phenoxy) is 1. The molecule has 0 atom stereocenters. The number of anilines is 1. The topological polar surface area (TPSA) is 136 Å². The number of carbonyl (C=O) groups excluding carboxylic acids is 1. The lowest BCUT2D eigenvalue weighted by molar-refractivity contribution is 0.0743. The molecule has 0 aliphatic carbocycles. The third-order valence-electron chi connectivity index (χ3n) is 4.66. The molecule has 158 valence electrons. The summed E-state index contributed by atoms with van der Waals surface area (Å²) in [7, 11) is 1.54. The SMILES string of the molecule is COc1ccc(Cl)cc1C(=O)N1CCN(c2ccc(N=C(N)N=C(N)N)cc2)CC1. The maximum atomic E-state index is 12.9. The molecule has 0 saturated carbocycles. The van der Waals surface area contributed by atoms with Gasteiger partial charge in [-0.1, -0.05) is 11.6 Å². The van der Waals surface area contributed by atoms with Crippen LogP contribution in [0, 0.1) is 0 Å². The van der Waals surface area contributed by atoms with Crippen LogP contribution in [-0.2, 0) is 0 Å². The maximum absolute atomic E-state index is 12.9. The van der Waals surface area contributed by atoms with E-state index < -0.39 is 0 Å². The van der Waals surface area contributed by atoms with Gasteiger partial charge in [0.2, 0.25) is 5.96 Å². The molecule has 9 nitrogen and oxygen atoms in total. The van der Waals surface area contributed by atoms with Crippen LogP contribution in [0.5, 0.6) is 5.75 Å². The molecule has 3 rings (SSSR count). The van der Waals surface area contributed by atoms with Crippen LogP contribution in [0.3, 0.4) is 0 Å². The summed E-state index contributed by atoms with van der Waals surface area (Å²) in [5.41, 5.74) is 18.4. The number of nitrogens with zero attached hydrogens (tertiary/aromatic N) is 4. The molecule has 1 fully saturated rings. The second-order valence-corrected chi connectivity index (χ2v) is 7.08. The van der Waals surface area contributed by atoms with E-state index in [-0.39, 0.29) is 17.8 Å². The largest absolute Gasteiger partial charge is 0.496 e. The van der Waals surface area contributed by atoms with E-state index >= 15 is 0 Å². The van der Waals surface area contributed by atoms with Crippen LogP contribution in [0.4, 0.5) is 11.4 Å². The molecule has 2 aromatic rings. The average Bonchev–Trinajstić information content (AvgIpc) is 2.73. The number of halogens is 1. The van der Waals surface area contributed by atoms with Crippen LogP contribution in [0.15, 0.2) is 52.4 Å². The molecule has 10 heteroatoms. The van der Waals surface area contributed by atoms with Gasteiger partial charge in [-0.15, -0.1) is 0 Å². The van der Waals surface area contributed by atoms with Gasteiger partial charge in [-0.05, 0) is 42.5 Å². The highest BCUT2D eigenvalue weighted by atomic mass is 35.5. The second-order valence-electron chi connectivity index (χ2n) is 6.65. The molecular weight excluding hydrogens is 406 g/mol. The van der Waals surface area contributed by atoms with E-state index in [9.17, 15) is 4.79 Å². The molecule has 0 spiro atoms. The van der Waals surface area contributed by atoms with Crippen LogP contribution in [0.25, 0.3) is 0 Å². The Bertz CT molecular complexity index is 964. The lowest BCUT2D eigenvalue weighted by Crippen LogP contribution is -2.48. The third-order valence-corrected chi connectivity index (χ3v) is 4.90. The van der Waals surface area contributed by atoms with Gasteiger partial charge in [-0.3, -0.25) is 4.79 Å². The van der Waals surface area contributed by atoms with Crippen molar-refractivity contribution < 1.29 is 9.53 Å². The predicted octanol–water partition coefficient (Wildman–Crippen LogP) is 1.53. The molecule has 1 aliphatic heterocycles. The van der Waals surface area contributed by atoms with Crippen LogP contribution in [0.2, 0.25) is 5.02 Å². The fourth-order valence-electron chi connectivity index (χ4n) is 3.21. The van der Waals surface area contributed by atoms with E-state index in [0.717, 1.165) is 5.69 Å². The van der Waals surface area contributed by atoms with E-state index in [1.807, 2.05) is 24.3 Å². The molecule has 1 aliphatic rings. The number of piperazine rings is 1. The molecule has 1 saturated heterocycles. The number of methoxy groups -OCH3 is 1. The zero-order chi connectivity index (χ0) is 21.7. The van der Waals surface area contributed by atoms with Crippen molar-refractivity contribution >= 4 is 40.8 Å². The molecule has 0 unspecified atom stereocenters. The first-order chi connectivity index (χ1) is 14.4. The van der Waals surface area contributed by atoms with Crippen molar-refractivity contribution in [2.24, 2.45) is 27.2 Å². The Hall–Kier alpha value is -3.46. The molecule has 30 heavy (non-hydrogen) atoms. The fraction of sp³-hybridized carbons (Fsp3) is 0.250. The minimum Gasteiger partial charge on any atom is -0.496 e. The third kappa shape index (κ3) is 5.12. The number of hydrogen-bond acceptors (Lipinski definition) is 4. The van der Waals surface area contributed by atoms with Crippen LogP contribution >= 0.6 is 11.6 Å². The van der Waals surface area contributed by atoms with Crippen molar-refractivity contribution in [2.75, 3.05) is 38.2 Å². The van der Waals surface area contributed by atoms with Crippen molar-refractivity contribution in [3.05, 3.63) is 53.1 Å². The average molecular weight is 430 g/mol. The number of benzene rings is 2. The van der Waals surface area contributed by atoms with Gasteiger partial charge in [0.1, 0.15) is 5.75 Å². The predicted molar refractivity (Wildman–Crippen MR) is 120 cm³/mol. The number of aliphatic imine (C=N–C) groups is 2. The summed E-state index contributed by atoms with van der Waals surface area (Å²) in [4.78, 5) is 24.7. The quantitative estimate of drug-likeness (QED) is 0.498. The maximum Gasteiger partial charge on any atom is 0.257 e. The Morgan fingerprint density at radius 2 is 1.70 bits per heavy atom. The lowest BCUT2D eigenvalue weighted by atomic mass is 10.1. The number of guanidine groups is 2. The summed E-state index contributed by atoms with van der Waals surface area (Å²) in [5.74, 6) is 0.277. The van der Waals surface area contributed by atoms with Gasteiger partial charge in [0.05, 0.1) is 18.4 Å². The molecular formula is C20H24ClN7O2. The van der Waals surface area contributed by atoms with Gasteiger partial charge in [-0.2, -0.15) is 4.99 Å². The standard InChI is InChI=1S/C20H24ClN7O2/c1-30-17-7-2-13(21)12-16(17)18(29)28-10-8-27(9-11-28)15-5-3-14(4-6-15)25-20(24)26-19(22)23/h2-7,12H,8-11H2,1H3,(H6,22,23,24,25,26). The summed E-state index contributed by atoms with van der Waals surface area (Å²) < 4.78 is 5.30. The fourth-order valence-corrected chi connectivity index (χ4v) is 3.39. The summed E-state index contributed by atoms with van der Waals surface area (Å²) in [6.45, 7) is 2.58. The highest BCUT2D eigenvalue weighted by molar-refractivity contribution is 6.31. The molecule has 2 aromatic carbocycles. The highest BCUT2D eigenvalue weighted by Crippen LogP contribution is 2.26. The summed E-state index contributed by atoms with van der Waals surface area (Å²) >= 11 is 6.06. The van der Waals surface area contributed by atoms with E-state index in [2.05, 4.69) is 14.9 Å². The van der Waals surface area contributed by atoms with Gasteiger partial charge < -0.3 is 31.7 Å². The summed E-state index contributed by atoms with van der Waals surface area (Å²) in [6.07, 6.45) is 0.